The Bertz CT molecular complexity index is 931. The highest BCUT2D eigenvalue weighted by Gasteiger charge is 2.15. The molecular weight excluding hydrogens is 322 g/mol. The van der Waals surface area contributed by atoms with Crippen molar-refractivity contribution in [2.75, 3.05) is 0 Å². The first kappa shape index (κ1) is 16.5. The second-order valence-corrected chi connectivity index (χ2v) is 6.61. The molecule has 1 N–H and O–H groups in total. The van der Waals surface area contributed by atoms with E-state index in [1.54, 1.807) is 18.2 Å². The van der Waals surface area contributed by atoms with E-state index in [-0.39, 0.29) is 5.56 Å². The number of rotatable bonds is 3. The summed E-state index contributed by atoms with van der Waals surface area (Å²) in [6.07, 6.45) is 0. The van der Waals surface area contributed by atoms with Gasteiger partial charge in [0.2, 0.25) is 0 Å². The van der Waals surface area contributed by atoms with Crippen molar-refractivity contribution in [2.24, 2.45) is 0 Å². The second-order valence-electron chi connectivity index (χ2n) is 6.21. The second kappa shape index (κ2) is 6.25. The Hall–Kier alpha value is -2.39. The van der Waals surface area contributed by atoms with Gasteiger partial charge in [-0.25, -0.2) is 9.78 Å². The molecule has 0 aliphatic heterocycles. The van der Waals surface area contributed by atoms with E-state index in [0.717, 1.165) is 11.1 Å². The highest BCUT2D eigenvalue weighted by molar-refractivity contribution is 6.32. The highest BCUT2D eigenvalue weighted by Crippen LogP contribution is 2.30. The Kier molecular flexibility index (Phi) is 4.29. The maximum atomic E-state index is 11.7. The van der Waals surface area contributed by atoms with Crippen molar-refractivity contribution in [3.8, 4) is 11.3 Å². The number of nitrogens with zero attached hydrogens (tertiary/aromatic N) is 1. The fourth-order valence-corrected chi connectivity index (χ4v) is 2.92. The summed E-state index contributed by atoms with van der Waals surface area (Å²) < 4.78 is 0. The van der Waals surface area contributed by atoms with Gasteiger partial charge in [-0.05, 0) is 36.1 Å². The Balaban J connectivity index is 2.25. The smallest absolute Gasteiger partial charge is 0.336 e. The van der Waals surface area contributed by atoms with E-state index in [2.05, 4.69) is 31.0 Å². The van der Waals surface area contributed by atoms with Crippen molar-refractivity contribution in [2.45, 2.75) is 26.7 Å². The summed E-state index contributed by atoms with van der Waals surface area (Å²) >= 11 is 6.19. The van der Waals surface area contributed by atoms with Crippen LogP contribution in [-0.4, -0.2) is 16.1 Å². The summed E-state index contributed by atoms with van der Waals surface area (Å²) in [5.41, 5.74) is 4.42. The Morgan fingerprint density at radius 1 is 1.12 bits per heavy atom. The molecule has 2 aromatic carbocycles. The van der Waals surface area contributed by atoms with Crippen LogP contribution in [0.5, 0.6) is 0 Å². The van der Waals surface area contributed by atoms with E-state index in [0.29, 0.717) is 27.5 Å². The highest BCUT2D eigenvalue weighted by atomic mass is 35.5. The number of carboxylic acids is 1. The molecular formula is C20H18ClNO2. The van der Waals surface area contributed by atoms with Gasteiger partial charge in [0.1, 0.15) is 0 Å². The Morgan fingerprint density at radius 2 is 1.79 bits per heavy atom. The molecule has 0 atom stereocenters. The van der Waals surface area contributed by atoms with E-state index < -0.39 is 5.97 Å². The number of aromatic nitrogens is 1. The molecule has 0 fully saturated rings. The normalized spacial score (nSPS) is 11.2. The van der Waals surface area contributed by atoms with Gasteiger partial charge in [0, 0.05) is 16.0 Å². The van der Waals surface area contributed by atoms with Crippen LogP contribution < -0.4 is 0 Å². The number of aromatic carboxylic acids is 1. The molecule has 1 aromatic heterocycles. The molecule has 1 heterocycles. The van der Waals surface area contributed by atoms with E-state index in [4.69, 9.17) is 11.6 Å². The third-order valence-electron chi connectivity index (χ3n) is 4.27. The minimum absolute atomic E-state index is 0.239. The van der Waals surface area contributed by atoms with E-state index in [1.807, 2.05) is 19.1 Å². The summed E-state index contributed by atoms with van der Waals surface area (Å²) in [5.74, 6) is -0.525. The summed E-state index contributed by atoms with van der Waals surface area (Å²) in [5, 5.41) is 10.8. The molecule has 0 amide bonds. The van der Waals surface area contributed by atoms with Gasteiger partial charge in [-0.3, -0.25) is 0 Å². The lowest BCUT2D eigenvalue weighted by atomic mass is 9.98. The van der Waals surface area contributed by atoms with Gasteiger partial charge in [0.15, 0.2) is 0 Å². The summed E-state index contributed by atoms with van der Waals surface area (Å²) in [6.45, 7) is 6.13. The monoisotopic (exact) mass is 339 g/mol. The molecule has 3 rings (SSSR count). The van der Waals surface area contributed by atoms with Crippen LogP contribution in [0.25, 0.3) is 22.2 Å². The minimum Gasteiger partial charge on any atom is -0.478 e. The predicted octanol–water partition coefficient (Wildman–Crippen LogP) is 5.69. The molecule has 0 saturated heterocycles. The molecule has 0 spiro atoms. The standard InChI is InChI=1S/C20H18ClNO2/c1-11(2)13-4-6-14(7-5-13)18-10-16(20(23)24)15-8-9-17(21)12(3)19(15)22-18/h4-11H,1-3H3,(H,23,24). The maximum Gasteiger partial charge on any atom is 0.336 e. The fourth-order valence-electron chi connectivity index (χ4n) is 2.77. The van der Waals surface area contributed by atoms with Crippen LogP contribution in [0.2, 0.25) is 5.02 Å². The van der Waals surface area contributed by atoms with Crippen LogP contribution in [0.4, 0.5) is 0 Å². The molecule has 0 aliphatic carbocycles. The minimum atomic E-state index is -0.968. The molecule has 4 heteroatoms. The average molecular weight is 340 g/mol. The van der Waals surface area contributed by atoms with Gasteiger partial charge in [0.25, 0.3) is 0 Å². The van der Waals surface area contributed by atoms with E-state index in [1.165, 1.54) is 5.56 Å². The van der Waals surface area contributed by atoms with Crippen LogP contribution in [0.3, 0.4) is 0 Å². The molecule has 3 aromatic rings. The van der Waals surface area contributed by atoms with Crippen LogP contribution in [-0.2, 0) is 0 Å². The quantitative estimate of drug-likeness (QED) is 0.667. The van der Waals surface area contributed by atoms with Gasteiger partial charge < -0.3 is 5.11 Å². The molecule has 0 radical (unpaired) electrons. The first-order chi connectivity index (χ1) is 11.4. The van der Waals surface area contributed by atoms with Gasteiger partial charge in [-0.2, -0.15) is 0 Å². The topological polar surface area (TPSA) is 50.2 Å². The van der Waals surface area contributed by atoms with Crippen LogP contribution in [0, 0.1) is 6.92 Å². The molecule has 0 aliphatic rings. The van der Waals surface area contributed by atoms with Crippen LogP contribution in [0.15, 0.2) is 42.5 Å². The molecule has 24 heavy (non-hydrogen) atoms. The van der Waals surface area contributed by atoms with Gasteiger partial charge in [0.05, 0.1) is 16.8 Å². The molecule has 0 bridgehead atoms. The first-order valence-corrected chi connectivity index (χ1v) is 8.19. The molecule has 3 nitrogen and oxygen atoms in total. The maximum absolute atomic E-state index is 11.7. The van der Waals surface area contributed by atoms with Gasteiger partial charge in [-0.15, -0.1) is 0 Å². The third-order valence-corrected chi connectivity index (χ3v) is 4.68. The van der Waals surface area contributed by atoms with Crippen molar-refractivity contribution >= 4 is 28.5 Å². The van der Waals surface area contributed by atoms with Crippen molar-refractivity contribution in [3.63, 3.8) is 0 Å². The number of hydrogen-bond acceptors (Lipinski definition) is 2. The van der Waals surface area contributed by atoms with Crippen molar-refractivity contribution in [1.82, 2.24) is 4.98 Å². The SMILES string of the molecule is Cc1c(Cl)ccc2c(C(=O)O)cc(-c3ccc(C(C)C)cc3)nc12. The van der Waals surface area contributed by atoms with Gasteiger partial charge in [-0.1, -0.05) is 55.8 Å². The third kappa shape index (κ3) is 2.87. The number of carboxylic acid groups (broad SMARTS) is 1. The summed E-state index contributed by atoms with van der Waals surface area (Å²) in [6, 6.07) is 13.1. The Labute approximate surface area is 145 Å². The number of benzene rings is 2. The van der Waals surface area contributed by atoms with E-state index >= 15 is 0 Å². The van der Waals surface area contributed by atoms with Crippen molar-refractivity contribution in [3.05, 3.63) is 64.2 Å². The molecule has 122 valence electrons. The summed E-state index contributed by atoms with van der Waals surface area (Å²) in [4.78, 5) is 16.4. The number of halogens is 1. The number of pyridine rings is 1. The zero-order valence-electron chi connectivity index (χ0n) is 13.8. The van der Waals surface area contributed by atoms with Gasteiger partial charge >= 0.3 is 5.97 Å². The van der Waals surface area contributed by atoms with Crippen molar-refractivity contribution < 1.29 is 9.90 Å². The number of fused-ring (bicyclic) bond motifs is 1. The average Bonchev–Trinajstić information content (AvgIpc) is 2.57. The molecule has 0 unspecified atom stereocenters. The number of carbonyl (C=O) groups is 1. The number of hydrogen-bond donors (Lipinski definition) is 1. The largest absolute Gasteiger partial charge is 0.478 e. The zero-order valence-corrected chi connectivity index (χ0v) is 14.6. The zero-order chi connectivity index (χ0) is 17.4. The summed E-state index contributed by atoms with van der Waals surface area (Å²) in [7, 11) is 0. The van der Waals surface area contributed by atoms with Crippen LogP contribution in [0.1, 0.15) is 41.3 Å². The number of aryl methyl sites for hydroxylation is 1. The van der Waals surface area contributed by atoms with Crippen molar-refractivity contribution in [1.29, 1.82) is 0 Å². The molecule has 0 saturated carbocycles. The lowest BCUT2D eigenvalue weighted by molar-refractivity contribution is 0.0699. The predicted molar refractivity (Wildman–Crippen MR) is 98.0 cm³/mol. The van der Waals surface area contributed by atoms with E-state index in [9.17, 15) is 9.90 Å². The fraction of sp³-hybridized carbons (Fsp3) is 0.200. The lowest BCUT2D eigenvalue weighted by Gasteiger charge is -2.11. The first-order valence-electron chi connectivity index (χ1n) is 7.82. The Morgan fingerprint density at radius 3 is 2.38 bits per heavy atom. The lowest BCUT2D eigenvalue weighted by Crippen LogP contribution is -2.01. The van der Waals surface area contributed by atoms with Crippen LogP contribution >= 0.6 is 11.6 Å².